The van der Waals surface area contributed by atoms with Crippen molar-refractivity contribution in [2.45, 2.75) is 0 Å². The van der Waals surface area contributed by atoms with Crippen molar-refractivity contribution in [1.29, 1.82) is 0 Å². The molecule has 1 unspecified atom stereocenters. The van der Waals surface area contributed by atoms with E-state index in [0.29, 0.717) is 0 Å². The molecule has 0 aromatic carbocycles. The van der Waals surface area contributed by atoms with E-state index in [4.69, 9.17) is 0 Å². The molecule has 0 fully saturated rings. The maximum absolute atomic E-state index is 0. The standard InChI is InChI=1S/Ca.Cu.Fe.K.Mg.Mn.Na.H3P.6H/h;;;;;;;1H3;;;;;;. The second kappa shape index (κ2) is 49.4. The quantitative estimate of drug-likeness (QED) is 0.324. The van der Waals surface area contributed by atoms with Crippen molar-refractivity contribution in [3.63, 3.8) is 0 Å². The van der Waals surface area contributed by atoms with E-state index < -0.39 is 0 Å². The Hall–Kier alpha value is 6.65. The fraction of sp³-hybridized carbons (Fsp3) is 0. The Morgan fingerprint density at radius 1 is 1.00 bits per heavy atom. The minimum atomic E-state index is 0. The normalized spacial score (nSPS) is 0. The Morgan fingerprint density at radius 3 is 1.00 bits per heavy atom. The summed E-state index contributed by atoms with van der Waals surface area (Å²) >= 11 is 0. The molecule has 8 heavy (non-hydrogen) atoms. The predicted octanol–water partition coefficient (Wildman–Crippen LogP) is -3.08. The van der Waals surface area contributed by atoms with Gasteiger partial charge in [-0.3, -0.25) is 0 Å². The van der Waals surface area contributed by atoms with Crippen LogP contribution in [0, 0.1) is 0 Å². The van der Waals surface area contributed by atoms with Crippen LogP contribution in [0.25, 0.3) is 0 Å². The number of rotatable bonds is 0. The molecule has 0 spiro atoms. The Kier molecular flexibility index (Phi) is 381. The van der Waals surface area contributed by atoms with Crippen LogP contribution in [0.2, 0.25) is 0 Å². The summed E-state index contributed by atoms with van der Waals surface area (Å²) < 4.78 is 0. The zero-order valence-corrected chi connectivity index (χ0v) is 6.38. The van der Waals surface area contributed by atoms with E-state index in [2.05, 4.69) is 0 Å². The van der Waals surface area contributed by atoms with Crippen molar-refractivity contribution < 1.29 is 51.2 Å². The average Bonchev–Trinajstić information content (AvgIpc) is 0. The van der Waals surface area contributed by atoms with Gasteiger partial charge in [0, 0.05) is 51.2 Å². The fourth-order valence-electron chi connectivity index (χ4n) is 0. The molecule has 0 nitrogen and oxygen atoms in total. The van der Waals surface area contributed by atoms with Gasteiger partial charge in [-0.1, -0.05) is 0 Å². The Bertz CT molecular complexity index is 24.0. The van der Waals surface area contributed by atoms with Crippen molar-refractivity contribution >= 4 is 152 Å². The third-order valence-electron chi connectivity index (χ3n) is 0. The molecule has 0 aliphatic rings. The van der Waals surface area contributed by atoms with Crippen molar-refractivity contribution in [1.82, 2.24) is 0 Å². The van der Waals surface area contributed by atoms with Gasteiger partial charge in [-0.25, -0.2) is 0 Å². The summed E-state index contributed by atoms with van der Waals surface area (Å²) in [6.45, 7) is 0. The fourth-order valence-corrected chi connectivity index (χ4v) is 0. The number of hydrogen-bond acceptors (Lipinski definition) is 0. The van der Waals surface area contributed by atoms with Crippen LogP contribution in [-0.2, 0) is 51.2 Å². The molecule has 0 saturated heterocycles. The summed E-state index contributed by atoms with van der Waals surface area (Å²) in [4.78, 5) is 0. The summed E-state index contributed by atoms with van der Waals surface area (Å²) in [5.41, 5.74) is 0. The van der Waals surface area contributed by atoms with E-state index in [1.807, 2.05) is 0 Å². The van der Waals surface area contributed by atoms with Crippen LogP contribution in [0.3, 0.4) is 0 Å². The molecule has 0 bridgehead atoms. The Labute approximate surface area is 197 Å². The third-order valence-corrected chi connectivity index (χ3v) is 0. The van der Waals surface area contributed by atoms with Gasteiger partial charge in [-0.05, 0) is 0 Å². The molecule has 0 aromatic heterocycles. The van der Waals surface area contributed by atoms with Crippen LogP contribution in [0.1, 0.15) is 0 Å². The topological polar surface area (TPSA) is 0 Å². The van der Waals surface area contributed by atoms with Crippen LogP contribution in [0.15, 0.2) is 0 Å². The van der Waals surface area contributed by atoms with Gasteiger partial charge in [0.15, 0.2) is 0 Å². The van der Waals surface area contributed by atoms with Crippen LogP contribution in [-0.4, -0.2) is 142 Å². The van der Waals surface area contributed by atoms with Crippen molar-refractivity contribution in [2.75, 3.05) is 0 Å². The molecule has 0 saturated carbocycles. The monoisotopic (exact) mass is 340 g/mol. The zero-order chi connectivity index (χ0) is 0. The molecular weight excluding hydrogens is 332 g/mol. The van der Waals surface area contributed by atoms with Crippen LogP contribution >= 0.6 is 9.90 Å². The van der Waals surface area contributed by atoms with Gasteiger partial charge in [0.1, 0.15) is 0 Å². The van der Waals surface area contributed by atoms with E-state index in [9.17, 15) is 0 Å². The third kappa shape index (κ3) is 38.8. The van der Waals surface area contributed by atoms with Gasteiger partial charge < -0.3 is 0 Å². The van der Waals surface area contributed by atoms with Gasteiger partial charge in [0.25, 0.3) is 0 Å². The van der Waals surface area contributed by atoms with Gasteiger partial charge in [0.2, 0.25) is 0 Å². The van der Waals surface area contributed by atoms with Crippen molar-refractivity contribution in [3.05, 3.63) is 0 Å². The molecule has 0 heterocycles. The van der Waals surface area contributed by atoms with E-state index in [1.54, 1.807) is 0 Å². The second-order valence-corrected chi connectivity index (χ2v) is 0. The van der Waals surface area contributed by atoms with Crippen molar-refractivity contribution in [2.24, 2.45) is 0 Å². The summed E-state index contributed by atoms with van der Waals surface area (Å²) in [6.07, 6.45) is 0. The zero-order valence-electron chi connectivity index (χ0n) is 1.74. The van der Waals surface area contributed by atoms with E-state index >= 15 is 0 Å². The Balaban J connectivity index is 0. The first kappa shape index (κ1) is 61.7. The summed E-state index contributed by atoms with van der Waals surface area (Å²) in [6, 6.07) is 0. The molecule has 1 atom stereocenters. The first-order valence-corrected chi connectivity index (χ1v) is 0. The Morgan fingerprint density at radius 2 is 1.00 bits per heavy atom. The maximum atomic E-state index is 0. The van der Waals surface area contributed by atoms with Crippen LogP contribution in [0.5, 0.6) is 0 Å². The van der Waals surface area contributed by atoms with Gasteiger partial charge in [-0.2, -0.15) is 9.90 Å². The summed E-state index contributed by atoms with van der Waals surface area (Å²) in [5, 5.41) is 0. The first-order valence-electron chi connectivity index (χ1n) is 0. The second-order valence-electron chi connectivity index (χ2n) is 0. The van der Waals surface area contributed by atoms with Gasteiger partial charge in [0.05, 0.1) is 0 Å². The molecule has 2 radical (unpaired) electrons. The molecule has 0 aromatic rings. The van der Waals surface area contributed by atoms with Gasteiger partial charge in [-0.15, -0.1) is 0 Å². The molecule has 8 heteroatoms. The molecule has 0 rings (SSSR count). The predicted molar refractivity (Wildman–Crippen MR) is 42.5 cm³/mol. The molecule has 0 aliphatic heterocycles. The van der Waals surface area contributed by atoms with Crippen LogP contribution < -0.4 is 0 Å². The van der Waals surface area contributed by atoms with Gasteiger partial charge >= 0.3 is 142 Å². The first-order chi connectivity index (χ1) is 0. The molecule has 46 valence electrons. The minimum absolute atomic E-state index is 0. The van der Waals surface area contributed by atoms with E-state index in [1.165, 1.54) is 0 Å². The average molecular weight is 341 g/mol. The van der Waals surface area contributed by atoms with Crippen molar-refractivity contribution in [3.8, 4) is 0 Å². The van der Waals surface area contributed by atoms with E-state index in [-0.39, 0.29) is 203 Å². The summed E-state index contributed by atoms with van der Waals surface area (Å²) in [7, 11) is 0. The molecule has 0 amide bonds. The molecular formula is H9CaCuFeKMgMnNaP. The molecule has 0 N–H and O–H groups in total. The SMILES string of the molecule is P.[CaH2].[Cu].[Fe].[KH].[MgH2].[Mn].[NaH]. The van der Waals surface area contributed by atoms with Crippen LogP contribution in [0.4, 0.5) is 0 Å². The number of hydrogen-bond donors (Lipinski definition) is 0. The van der Waals surface area contributed by atoms with E-state index in [0.717, 1.165) is 0 Å². The molecule has 0 aliphatic carbocycles. The summed E-state index contributed by atoms with van der Waals surface area (Å²) in [5.74, 6) is 0.